The van der Waals surface area contributed by atoms with Crippen molar-refractivity contribution in [2.75, 3.05) is 6.61 Å². The lowest BCUT2D eigenvalue weighted by atomic mass is 10.0. The first-order chi connectivity index (χ1) is 13.2. The number of hydrogen-bond acceptors (Lipinski definition) is 5. The molecule has 5 heteroatoms. The highest BCUT2D eigenvalue weighted by Gasteiger charge is 2.17. The van der Waals surface area contributed by atoms with Gasteiger partial charge in [0.25, 0.3) is 0 Å². The van der Waals surface area contributed by atoms with Crippen LogP contribution in [0.15, 0.2) is 0 Å². The first kappa shape index (κ1) is 26.9. The molecule has 0 fully saturated rings. The molecule has 0 bridgehead atoms. The average molecular weight is 401 g/mol. The Hall–Kier alpha value is -1.10. The number of ether oxygens (including phenoxy) is 2. The van der Waals surface area contributed by atoms with Gasteiger partial charge in [-0.2, -0.15) is 0 Å². The SMILES string of the molecule is CCCCCCCC(=O)OCCCCCCCC(O)CCC(=O)OC(C)(C)C. The van der Waals surface area contributed by atoms with Crippen LogP contribution < -0.4 is 0 Å². The maximum atomic E-state index is 11.6. The fraction of sp³-hybridized carbons (Fsp3) is 0.913. The highest BCUT2D eigenvalue weighted by molar-refractivity contribution is 5.69. The summed E-state index contributed by atoms with van der Waals surface area (Å²) in [5.41, 5.74) is -0.467. The van der Waals surface area contributed by atoms with Crippen LogP contribution in [0, 0.1) is 0 Å². The van der Waals surface area contributed by atoms with Crippen molar-refractivity contribution in [3.63, 3.8) is 0 Å². The fourth-order valence-corrected chi connectivity index (χ4v) is 2.96. The first-order valence-corrected chi connectivity index (χ1v) is 11.3. The molecule has 0 spiro atoms. The predicted molar refractivity (Wildman–Crippen MR) is 113 cm³/mol. The molecule has 28 heavy (non-hydrogen) atoms. The van der Waals surface area contributed by atoms with E-state index in [0.29, 0.717) is 19.4 Å². The zero-order valence-corrected chi connectivity index (χ0v) is 18.8. The van der Waals surface area contributed by atoms with Crippen molar-refractivity contribution in [2.24, 2.45) is 0 Å². The van der Waals surface area contributed by atoms with Crippen molar-refractivity contribution in [1.82, 2.24) is 0 Å². The van der Waals surface area contributed by atoms with Crippen molar-refractivity contribution in [1.29, 1.82) is 0 Å². The number of hydrogen-bond donors (Lipinski definition) is 1. The van der Waals surface area contributed by atoms with Gasteiger partial charge in [0.2, 0.25) is 0 Å². The molecule has 0 saturated heterocycles. The monoisotopic (exact) mass is 400 g/mol. The highest BCUT2D eigenvalue weighted by Crippen LogP contribution is 2.14. The Labute approximate surface area is 172 Å². The molecule has 0 aromatic rings. The maximum Gasteiger partial charge on any atom is 0.306 e. The maximum absolute atomic E-state index is 11.6. The largest absolute Gasteiger partial charge is 0.466 e. The second kappa shape index (κ2) is 16.8. The smallest absolute Gasteiger partial charge is 0.306 e. The molecule has 1 unspecified atom stereocenters. The molecular weight excluding hydrogens is 356 g/mol. The van der Waals surface area contributed by atoms with E-state index in [1.54, 1.807) is 0 Å². The van der Waals surface area contributed by atoms with Crippen LogP contribution in [0.4, 0.5) is 0 Å². The van der Waals surface area contributed by atoms with Gasteiger partial charge in [-0.05, 0) is 46.5 Å². The van der Waals surface area contributed by atoms with Gasteiger partial charge in [-0.15, -0.1) is 0 Å². The van der Waals surface area contributed by atoms with Crippen molar-refractivity contribution in [3.8, 4) is 0 Å². The van der Waals surface area contributed by atoms with Crippen LogP contribution in [-0.2, 0) is 19.1 Å². The molecule has 0 heterocycles. The van der Waals surface area contributed by atoms with Gasteiger partial charge >= 0.3 is 11.9 Å². The molecule has 0 rings (SSSR count). The number of aliphatic hydroxyl groups is 1. The number of unbranched alkanes of at least 4 members (excludes halogenated alkanes) is 8. The van der Waals surface area contributed by atoms with Gasteiger partial charge in [0.05, 0.1) is 12.7 Å². The van der Waals surface area contributed by atoms with E-state index in [-0.39, 0.29) is 18.4 Å². The normalized spacial score (nSPS) is 12.6. The van der Waals surface area contributed by atoms with Crippen LogP contribution in [0.1, 0.15) is 118 Å². The Morgan fingerprint density at radius 3 is 2.07 bits per heavy atom. The standard InChI is InChI=1S/C23H44O5/c1-5-6-7-9-13-16-21(25)27-19-14-11-8-10-12-15-20(24)17-18-22(26)28-23(2,3)4/h20,24H,5-19H2,1-4H3. The van der Waals surface area contributed by atoms with E-state index < -0.39 is 11.7 Å². The molecule has 0 aliphatic carbocycles. The Kier molecular flexibility index (Phi) is 16.2. The molecule has 166 valence electrons. The van der Waals surface area contributed by atoms with Gasteiger partial charge < -0.3 is 14.6 Å². The number of carbonyl (C=O) groups is 2. The van der Waals surface area contributed by atoms with E-state index in [2.05, 4.69) is 6.92 Å². The minimum absolute atomic E-state index is 0.0652. The lowest BCUT2D eigenvalue weighted by molar-refractivity contribution is -0.155. The van der Waals surface area contributed by atoms with E-state index in [1.807, 2.05) is 20.8 Å². The van der Waals surface area contributed by atoms with E-state index in [0.717, 1.165) is 51.4 Å². The van der Waals surface area contributed by atoms with Gasteiger partial charge in [-0.25, -0.2) is 0 Å². The Bertz CT molecular complexity index is 400. The minimum atomic E-state index is -0.467. The zero-order valence-electron chi connectivity index (χ0n) is 18.8. The van der Waals surface area contributed by atoms with Gasteiger partial charge in [0.1, 0.15) is 5.60 Å². The molecule has 0 aromatic heterocycles. The summed E-state index contributed by atoms with van der Waals surface area (Å²) >= 11 is 0. The molecule has 1 N–H and O–H groups in total. The summed E-state index contributed by atoms with van der Waals surface area (Å²) in [6.45, 7) is 8.24. The lowest BCUT2D eigenvalue weighted by Crippen LogP contribution is -2.24. The molecule has 0 saturated carbocycles. The van der Waals surface area contributed by atoms with Crippen LogP contribution in [0.2, 0.25) is 0 Å². The molecule has 0 amide bonds. The summed E-state index contributed by atoms with van der Waals surface area (Å²) in [6, 6.07) is 0. The highest BCUT2D eigenvalue weighted by atomic mass is 16.6. The van der Waals surface area contributed by atoms with Crippen molar-refractivity contribution < 1.29 is 24.2 Å². The molecule has 0 radical (unpaired) electrons. The Balaban J connectivity index is 3.42. The molecule has 0 aliphatic heterocycles. The number of carbonyl (C=O) groups excluding carboxylic acids is 2. The summed E-state index contributed by atoms with van der Waals surface area (Å²) in [7, 11) is 0. The van der Waals surface area contributed by atoms with E-state index in [9.17, 15) is 14.7 Å². The summed E-state index contributed by atoms with van der Waals surface area (Å²) in [5, 5.41) is 9.95. The van der Waals surface area contributed by atoms with Gasteiger partial charge in [-0.3, -0.25) is 9.59 Å². The second-order valence-corrected chi connectivity index (χ2v) is 8.72. The second-order valence-electron chi connectivity index (χ2n) is 8.72. The van der Waals surface area contributed by atoms with E-state index in [1.165, 1.54) is 19.3 Å². The van der Waals surface area contributed by atoms with Gasteiger partial charge in [-0.1, -0.05) is 58.3 Å². The van der Waals surface area contributed by atoms with Gasteiger partial charge in [0, 0.05) is 12.8 Å². The molecular formula is C23H44O5. The van der Waals surface area contributed by atoms with Crippen molar-refractivity contribution >= 4 is 11.9 Å². The summed E-state index contributed by atoms with van der Waals surface area (Å²) in [5.74, 6) is -0.313. The molecule has 1 atom stereocenters. The van der Waals surface area contributed by atoms with Crippen LogP contribution in [0.3, 0.4) is 0 Å². The molecule has 0 aromatic carbocycles. The lowest BCUT2D eigenvalue weighted by Gasteiger charge is -2.20. The van der Waals surface area contributed by atoms with Gasteiger partial charge in [0.15, 0.2) is 0 Å². The minimum Gasteiger partial charge on any atom is -0.466 e. The third-order valence-corrected chi connectivity index (χ3v) is 4.53. The summed E-state index contributed by atoms with van der Waals surface area (Å²) < 4.78 is 10.5. The topological polar surface area (TPSA) is 72.8 Å². The third kappa shape index (κ3) is 19.7. The molecule has 5 nitrogen and oxygen atoms in total. The average Bonchev–Trinajstić information content (AvgIpc) is 2.60. The Morgan fingerprint density at radius 2 is 1.39 bits per heavy atom. The quantitative estimate of drug-likeness (QED) is 0.250. The number of rotatable bonds is 17. The fourth-order valence-electron chi connectivity index (χ4n) is 2.96. The van der Waals surface area contributed by atoms with Crippen molar-refractivity contribution in [2.45, 2.75) is 129 Å². The third-order valence-electron chi connectivity index (χ3n) is 4.53. The first-order valence-electron chi connectivity index (χ1n) is 11.3. The van der Waals surface area contributed by atoms with E-state index >= 15 is 0 Å². The van der Waals surface area contributed by atoms with Crippen LogP contribution in [-0.4, -0.2) is 35.4 Å². The van der Waals surface area contributed by atoms with Crippen molar-refractivity contribution in [3.05, 3.63) is 0 Å². The zero-order chi connectivity index (χ0) is 21.3. The Morgan fingerprint density at radius 1 is 0.786 bits per heavy atom. The molecule has 0 aliphatic rings. The number of esters is 2. The summed E-state index contributed by atoms with van der Waals surface area (Å²) in [4.78, 5) is 23.2. The van der Waals surface area contributed by atoms with Crippen LogP contribution >= 0.6 is 0 Å². The summed E-state index contributed by atoms with van der Waals surface area (Å²) in [6.07, 6.45) is 12.3. The van der Waals surface area contributed by atoms with Crippen LogP contribution in [0.5, 0.6) is 0 Å². The predicted octanol–water partition coefficient (Wildman–Crippen LogP) is 5.71. The van der Waals surface area contributed by atoms with Crippen LogP contribution in [0.25, 0.3) is 0 Å². The number of aliphatic hydroxyl groups excluding tert-OH is 1. The van der Waals surface area contributed by atoms with E-state index in [4.69, 9.17) is 9.47 Å².